The van der Waals surface area contributed by atoms with Crippen LogP contribution in [-0.2, 0) is 38.1 Å². The average molecular weight is 655 g/mol. The van der Waals surface area contributed by atoms with E-state index in [4.69, 9.17) is 29.2 Å². The lowest BCUT2D eigenvalue weighted by Crippen LogP contribution is -2.41. The van der Waals surface area contributed by atoms with E-state index in [0.717, 1.165) is 82.8 Å². The van der Waals surface area contributed by atoms with Crippen LogP contribution in [0.5, 0.6) is 0 Å². The Kier molecular flexibility index (Phi) is 24.0. The van der Waals surface area contributed by atoms with Gasteiger partial charge in [0.2, 0.25) is 0 Å². The largest absolute Gasteiger partial charge is 0.396 e. The average Bonchev–Trinajstić information content (AvgIpc) is 3.01. The summed E-state index contributed by atoms with van der Waals surface area (Å²) in [5.41, 5.74) is -0.672. The Morgan fingerprint density at radius 2 is 1.11 bits per heavy atom. The molecule has 0 aliphatic carbocycles. The van der Waals surface area contributed by atoms with Crippen LogP contribution >= 0.6 is 0 Å². The predicted molar refractivity (Wildman–Crippen MR) is 170 cm³/mol. The van der Waals surface area contributed by atoms with Gasteiger partial charge in [-0.2, -0.15) is 0 Å². The van der Waals surface area contributed by atoms with Gasteiger partial charge in [0.25, 0.3) is 0 Å². The molecule has 12 heteroatoms. The zero-order chi connectivity index (χ0) is 34.8. The van der Waals surface area contributed by atoms with Gasteiger partial charge < -0.3 is 39.4 Å². The Hall–Kier alpha value is -3.32. The topological polar surface area (TPSA) is 186 Å². The van der Waals surface area contributed by atoms with Crippen LogP contribution in [0.2, 0.25) is 0 Å². The molecule has 0 aromatic rings. The van der Waals surface area contributed by atoms with Crippen molar-refractivity contribution < 1.29 is 58.6 Å². The van der Waals surface area contributed by atoms with E-state index in [1.807, 2.05) is 0 Å². The summed E-state index contributed by atoms with van der Waals surface area (Å²) < 4.78 is 20.4. The fourth-order valence-electron chi connectivity index (χ4n) is 4.28. The molecule has 12 nitrogen and oxygen atoms in total. The van der Waals surface area contributed by atoms with Gasteiger partial charge in [-0.1, -0.05) is 90.4 Å². The van der Waals surface area contributed by atoms with Crippen LogP contribution in [0.15, 0.2) is 49.0 Å². The van der Waals surface area contributed by atoms with Crippen LogP contribution in [0, 0.1) is 0 Å². The van der Waals surface area contributed by atoms with Crippen molar-refractivity contribution in [1.29, 1.82) is 0 Å². The molecule has 0 aromatic carbocycles. The Morgan fingerprint density at radius 3 is 1.54 bits per heavy atom. The third-order valence-electron chi connectivity index (χ3n) is 6.85. The predicted octanol–water partition coefficient (Wildman–Crippen LogP) is 4.94. The standard InChI is InChI=1S/C34H54O12/c1-5-29(38)43-33(44-30(39)6-2)28(25-27(37)21-17-13-9-7-11-15-19-23-35)32(41)46-34(42,45-31(40)26(3)4)22-18-14-10-8-12-16-20-24-36/h5-6,27,35-37,42H,1-3,7-25H2,4H3. The van der Waals surface area contributed by atoms with Crippen molar-refractivity contribution in [2.75, 3.05) is 13.2 Å². The molecule has 0 amide bonds. The number of aliphatic hydroxyl groups is 4. The highest BCUT2D eigenvalue weighted by molar-refractivity contribution is 5.92. The van der Waals surface area contributed by atoms with Gasteiger partial charge >= 0.3 is 35.8 Å². The van der Waals surface area contributed by atoms with Crippen LogP contribution in [0.1, 0.15) is 116 Å². The number of carbonyl (C=O) groups excluding carboxylic acids is 4. The lowest BCUT2D eigenvalue weighted by atomic mass is 10.0. The van der Waals surface area contributed by atoms with Crippen molar-refractivity contribution in [2.24, 2.45) is 0 Å². The van der Waals surface area contributed by atoms with Gasteiger partial charge in [-0.3, -0.25) is 0 Å². The third kappa shape index (κ3) is 20.7. The number of ether oxygens (including phenoxy) is 4. The van der Waals surface area contributed by atoms with E-state index in [9.17, 15) is 29.4 Å². The molecular formula is C34H54O12. The highest BCUT2D eigenvalue weighted by Crippen LogP contribution is 2.26. The summed E-state index contributed by atoms with van der Waals surface area (Å²) in [6.07, 6.45) is 10.8. The number of carbonyl (C=O) groups is 4. The number of hydrogen-bond donors (Lipinski definition) is 4. The SMILES string of the molecule is C=CC(=O)OC(OC(=O)C=C)=C(CC(O)CCCCCCCCCO)C(=O)OC(O)(CCCCCCCCCO)OC(=O)C(=C)C. The van der Waals surface area contributed by atoms with Crippen LogP contribution < -0.4 is 0 Å². The van der Waals surface area contributed by atoms with E-state index in [1.165, 1.54) is 6.92 Å². The van der Waals surface area contributed by atoms with Gasteiger partial charge in [0.1, 0.15) is 5.57 Å². The van der Waals surface area contributed by atoms with Gasteiger partial charge in [-0.25, -0.2) is 19.2 Å². The number of aliphatic hydroxyl groups excluding tert-OH is 3. The monoisotopic (exact) mass is 654 g/mol. The maximum Gasteiger partial charge on any atom is 0.373 e. The van der Waals surface area contributed by atoms with Crippen LogP contribution in [-0.4, -0.2) is 69.6 Å². The zero-order valence-electron chi connectivity index (χ0n) is 27.3. The fraction of sp³-hybridized carbons (Fsp3) is 0.647. The summed E-state index contributed by atoms with van der Waals surface area (Å²) in [7, 11) is 0. The molecule has 262 valence electrons. The maximum absolute atomic E-state index is 13.5. The first-order chi connectivity index (χ1) is 21.9. The maximum atomic E-state index is 13.5. The van der Waals surface area contributed by atoms with E-state index in [0.29, 0.717) is 19.3 Å². The van der Waals surface area contributed by atoms with Crippen LogP contribution in [0.25, 0.3) is 0 Å². The Balaban J connectivity index is 5.94. The molecule has 0 fully saturated rings. The summed E-state index contributed by atoms with van der Waals surface area (Å²) in [5.74, 6) is -8.23. The van der Waals surface area contributed by atoms with Crippen molar-refractivity contribution in [3.8, 4) is 0 Å². The molecule has 0 saturated heterocycles. The molecular weight excluding hydrogens is 600 g/mol. The highest BCUT2D eigenvalue weighted by atomic mass is 16.8. The van der Waals surface area contributed by atoms with Gasteiger partial charge in [0.15, 0.2) is 0 Å². The summed E-state index contributed by atoms with van der Waals surface area (Å²) in [4.78, 5) is 50.0. The molecule has 4 N–H and O–H groups in total. The molecule has 2 atom stereocenters. The molecule has 0 rings (SSSR count). The summed E-state index contributed by atoms with van der Waals surface area (Å²) >= 11 is 0. The number of esters is 4. The zero-order valence-corrected chi connectivity index (χ0v) is 27.3. The molecule has 0 saturated carbocycles. The van der Waals surface area contributed by atoms with Crippen molar-refractivity contribution in [3.05, 3.63) is 49.0 Å². The molecule has 2 unspecified atom stereocenters. The van der Waals surface area contributed by atoms with E-state index in [-0.39, 0.29) is 31.6 Å². The van der Waals surface area contributed by atoms with Gasteiger partial charge in [0, 0.05) is 37.4 Å². The molecule has 0 aliphatic rings. The minimum Gasteiger partial charge on any atom is -0.396 e. The van der Waals surface area contributed by atoms with Crippen molar-refractivity contribution in [1.82, 2.24) is 0 Å². The third-order valence-corrected chi connectivity index (χ3v) is 6.85. The van der Waals surface area contributed by atoms with Crippen molar-refractivity contribution in [3.63, 3.8) is 0 Å². The second-order valence-electron chi connectivity index (χ2n) is 11.1. The Labute approximate surface area is 272 Å². The first-order valence-corrected chi connectivity index (χ1v) is 16.1. The van der Waals surface area contributed by atoms with Crippen molar-refractivity contribution >= 4 is 23.9 Å². The van der Waals surface area contributed by atoms with Crippen LogP contribution in [0.4, 0.5) is 0 Å². The van der Waals surface area contributed by atoms with Crippen molar-refractivity contribution in [2.45, 2.75) is 128 Å². The number of unbranched alkanes of at least 4 members (excludes halogenated alkanes) is 12. The molecule has 0 radical (unpaired) electrons. The number of hydrogen-bond acceptors (Lipinski definition) is 12. The fourth-order valence-corrected chi connectivity index (χ4v) is 4.28. The van der Waals surface area contributed by atoms with E-state index < -0.39 is 53.9 Å². The lowest BCUT2D eigenvalue weighted by Gasteiger charge is -2.28. The lowest BCUT2D eigenvalue weighted by molar-refractivity contribution is -0.325. The second kappa shape index (κ2) is 25.8. The van der Waals surface area contributed by atoms with Gasteiger partial charge in [0.05, 0.1) is 12.5 Å². The summed E-state index contributed by atoms with van der Waals surface area (Å²) in [6.45, 7) is 11.7. The first-order valence-electron chi connectivity index (χ1n) is 16.1. The molecule has 46 heavy (non-hydrogen) atoms. The summed E-state index contributed by atoms with van der Waals surface area (Å²) in [6, 6.07) is 0. The Morgan fingerprint density at radius 1 is 0.696 bits per heavy atom. The van der Waals surface area contributed by atoms with E-state index >= 15 is 0 Å². The van der Waals surface area contributed by atoms with Crippen LogP contribution in [0.3, 0.4) is 0 Å². The minimum absolute atomic E-state index is 0.0709. The highest BCUT2D eigenvalue weighted by Gasteiger charge is 2.39. The summed E-state index contributed by atoms with van der Waals surface area (Å²) in [5, 5.41) is 39.8. The minimum atomic E-state index is -2.76. The van der Waals surface area contributed by atoms with Gasteiger partial charge in [-0.05, 0) is 32.6 Å². The molecule has 0 bridgehead atoms. The smallest absolute Gasteiger partial charge is 0.373 e. The normalized spacial score (nSPS) is 12.6. The number of rotatable bonds is 28. The van der Waals surface area contributed by atoms with E-state index in [2.05, 4.69) is 19.7 Å². The molecule has 0 spiro atoms. The molecule has 0 aromatic heterocycles. The van der Waals surface area contributed by atoms with Gasteiger partial charge in [-0.15, -0.1) is 0 Å². The van der Waals surface area contributed by atoms with E-state index in [1.54, 1.807) is 0 Å². The quantitative estimate of drug-likeness (QED) is 0.0293. The second-order valence-corrected chi connectivity index (χ2v) is 11.1. The molecule has 0 heterocycles. The Bertz CT molecular complexity index is 978. The first kappa shape index (κ1) is 42.7. The molecule has 0 aliphatic heterocycles.